The van der Waals surface area contributed by atoms with Gasteiger partial charge < -0.3 is 9.53 Å². The van der Waals surface area contributed by atoms with Crippen molar-refractivity contribution in [3.8, 4) is 0 Å². The van der Waals surface area contributed by atoms with Crippen molar-refractivity contribution in [1.29, 1.82) is 0 Å². The Labute approximate surface area is 88.2 Å². The molecule has 0 saturated heterocycles. The fourth-order valence-electron chi connectivity index (χ4n) is 0.574. The van der Waals surface area contributed by atoms with Crippen molar-refractivity contribution in [3.63, 3.8) is 0 Å². The SMILES string of the molecule is CC(C)(C)[Si](C)(C)OC[C@H](O)CS. The van der Waals surface area contributed by atoms with Gasteiger partial charge in [0.15, 0.2) is 8.32 Å². The number of thiol groups is 1. The molecule has 0 spiro atoms. The van der Waals surface area contributed by atoms with Crippen molar-refractivity contribution in [2.24, 2.45) is 0 Å². The molecule has 80 valence electrons. The molecule has 0 rings (SSSR count). The van der Waals surface area contributed by atoms with Crippen LogP contribution in [0.2, 0.25) is 18.1 Å². The molecule has 0 aliphatic rings. The lowest BCUT2D eigenvalue weighted by Gasteiger charge is -2.36. The summed E-state index contributed by atoms with van der Waals surface area (Å²) in [7, 11) is -1.68. The van der Waals surface area contributed by atoms with Gasteiger partial charge in [-0.25, -0.2) is 0 Å². The second kappa shape index (κ2) is 4.82. The van der Waals surface area contributed by atoms with E-state index in [1.54, 1.807) is 0 Å². The molecule has 0 radical (unpaired) electrons. The molecule has 0 aliphatic carbocycles. The monoisotopic (exact) mass is 222 g/mol. The van der Waals surface area contributed by atoms with Crippen molar-refractivity contribution in [3.05, 3.63) is 0 Å². The molecule has 0 aromatic heterocycles. The zero-order chi connectivity index (χ0) is 10.7. The van der Waals surface area contributed by atoms with Gasteiger partial charge in [-0.1, -0.05) is 20.8 Å². The second-order valence-corrected chi connectivity index (χ2v) is 10.1. The molecule has 0 aromatic carbocycles. The van der Waals surface area contributed by atoms with Gasteiger partial charge in [0, 0.05) is 5.75 Å². The summed E-state index contributed by atoms with van der Waals surface area (Å²) in [4.78, 5) is 0. The molecule has 0 heterocycles. The maximum absolute atomic E-state index is 9.31. The van der Waals surface area contributed by atoms with Crippen LogP contribution in [0.15, 0.2) is 0 Å². The maximum Gasteiger partial charge on any atom is 0.192 e. The third-order valence-electron chi connectivity index (χ3n) is 2.65. The number of aliphatic hydroxyl groups excluding tert-OH is 1. The van der Waals surface area contributed by atoms with Crippen LogP contribution in [0.4, 0.5) is 0 Å². The summed E-state index contributed by atoms with van der Waals surface area (Å²) >= 11 is 4.00. The van der Waals surface area contributed by atoms with E-state index in [9.17, 15) is 5.11 Å². The van der Waals surface area contributed by atoms with E-state index < -0.39 is 14.4 Å². The summed E-state index contributed by atoms with van der Waals surface area (Å²) in [6.45, 7) is 11.3. The van der Waals surface area contributed by atoms with Crippen molar-refractivity contribution in [2.75, 3.05) is 12.4 Å². The van der Waals surface area contributed by atoms with E-state index in [1.165, 1.54) is 0 Å². The van der Waals surface area contributed by atoms with Crippen LogP contribution in [0.5, 0.6) is 0 Å². The van der Waals surface area contributed by atoms with Crippen LogP contribution < -0.4 is 0 Å². The van der Waals surface area contributed by atoms with E-state index in [-0.39, 0.29) is 5.04 Å². The van der Waals surface area contributed by atoms with Gasteiger partial charge in [0.05, 0.1) is 12.7 Å². The van der Waals surface area contributed by atoms with Crippen molar-refractivity contribution in [2.45, 2.75) is 45.0 Å². The van der Waals surface area contributed by atoms with Gasteiger partial charge in [0.2, 0.25) is 0 Å². The van der Waals surface area contributed by atoms with Gasteiger partial charge >= 0.3 is 0 Å². The Bertz CT molecular complexity index is 154. The predicted octanol–water partition coefficient (Wildman–Crippen LogP) is 2.30. The Hall–Kier alpha value is 0.487. The van der Waals surface area contributed by atoms with Gasteiger partial charge in [-0.2, -0.15) is 12.6 Å². The molecule has 1 atom stereocenters. The molecule has 1 N–H and O–H groups in total. The summed E-state index contributed by atoms with van der Waals surface area (Å²) in [5.74, 6) is 0.467. The third kappa shape index (κ3) is 4.49. The highest BCUT2D eigenvalue weighted by atomic mass is 32.1. The van der Waals surface area contributed by atoms with Crippen LogP contribution in [-0.2, 0) is 4.43 Å². The normalized spacial score (nSPS) is 15.9. The minimum absolute atomic E-state index is 0.212. The minimum Gasteiger partial charge on any atom is -0.414 e. The first-order valence-corrected chi connectivity index (χ1v) is 8.17. The average Bonchev–Trinajstić information content (AvgIpc) is 1.98. The first kappa shape index (κ1) is 13.5. The summed E-state index contributed by atoms with van der Waals surface area (Å²) in [5, 5.41) is 9.52. The first-order chi connectivity index (χ1) is 5.70. The molecule has 0 saturated carbocycles. The quantitative estimate of drug-likeness (QED) is 0.564. The van der Waals surface area contributed by atoms with Crippen LogP contribution in [-0.4, -0.2) is 31.9 Å². The number of hydrogen-bond donors (Lipinski definition) is 2. The molecular weight excluding hydrogens is 200 g/mol. The number of hydrogen-bond acceptors (Lipinski definition) is 3. The average molecular weight is 222 g/mol. The fraction of sp³-hybridized carbons (Fsp3) is 1.00. The van der Waals surface area contributed by atoms with Crippen LogP contribution in [0.3, 0.4) is 0 Å². The first-order valence-electron chi connectivity index (χ1n) is 4.63. The third-order valence-corrected chi connectivity index (χ3v) is 7.58. The second-order valence-electron chi connectivity index (χ2n) is 4.91. The summed E-state index contributed by atoms with van der Waals surface area (Å²) in [6, 6.07) is 0. The smallest absolute Gasteiger partial charge is 0.192 e. The molecule has 0 unspecified atom stereocenters. The predicted molar refractivity (Wildman–Crippen MR) is 63.0 cm³/mol. The molecule has 0 fully saturated rings. The lowest BCUT2D eigenvalue weighted by atomic mass is 10.2. The number of rotatable bonds is 4. The highest BCUT2D eigenvalue weighted by molar-refractivity contribution is 7.80. The van der Waals surface area contributed by atoms with E-state index in [1.807, 2.05) is 0 Å². The van der Waals surface area contributed by atoms with Crippen LogP contribution in [0.1, 0.15) is 20.8 Å². The van der Waals surface area contributed by atoms with Crippen LogP contribution in [0.25, 0.3) is 0 Å². The fourth-order valence-corrected chi connectivity index (χ4v) is 1.72. The van der Waals surface area contributed by atoms with E-state index in [0.29, 0.717) is 12.4 Å². The van der Waals surface area contributed by atoms with Crippen molar-refractivity contribution in [1.82, 2.24) is 0 Å². The minimum atomic E-state index is -1.68. The highest BCUT2D eigenvalue weighted by Gasteiger charge is 2.37. The molecule has 0 bridgehead atoms. The largest absolute Gasteiger partial charge is 0.414 e. The zero-order valence-corrected chi connectivity index (χ0v) is 11.2. The van der Waals surface area contributed by atoms with E-state index >= 15 is 0 Å². The van der Waals surface area contributed by atoms with Gasteiger partial charge in [0.1, 0.15) is 0 Å². The van der Waals surface area contributed by atoms with E-state index in [2.05, 4.69) is 46.5 Å². The lowest BCUT2D eigenvalue weighted by molar-refractivity contribution is 0.118. The highest BCUT2D eigenvalue weighted by Crippen LogP contribution is 2.36. The molecule has 4 heteroatoms. The summed E-state index contributed by atoms with van der Waals surface area (Å²) < 4.78 is 5.79. The zero-order valence-electron chi connectivity index (χ0n) is 9.29. The molecule has 0 amide bonds. The summed E-state index contributed by atoms with van der Waals surface area (Å²) in [5.41, 5.74) is 0. The van der Waals surface area contributed by atoms with Gasteiger partial charge in [-0.3, -0.25) is 0 Å². The van der Waals surface area contributed by atoms with Gasteiger partial charge in [0.25, 0.3) is 0 Å². The molecule has 0 aromatic rings. The Morgan fingerprint density at radius 1 is 1.38 bits per heavy atom. The molecule has 13 heavy (non-hydrogen) atoms. The van der Waals surface area contributed by atoms with Crippen LogP contribution >= 0.6 is 12.6 Å². The Kier molecular flexibility index (Phi) is 5.00. The van der Waals surface area contributed by atoms with Crippen molar-refractivity contribution < 1.29 is 9.53 Å². The van der Waals surface area contributed by atoms with E-state index in [4.69, 9.17) is 4.43 Å². The molecular formula is C9H22O2SSi. The van der Waals surface area contributed by atoms with Crippen molar-refractivity contribution >= 4 is 20.9 Å². The topological polar surface area (TPSA) is 29.5 Å². The van der Waals surface area contributed by atoms with Gasteiger partial charge in [-0.15, -0.1) is 0 Å². The molecule has 2 nitrogen and oxygen atoms in total. The number of aliphatic hydroxyl groups is 1. The lowest BCUT2D eigenvalue weighted by Crippen LogP contribution is -2.42. The van der Waals surface area contributed by atoms with Gasteiger partial charge in [-0.05, 0) is 18.1 Å². The van der Waals surface area contributed by atoms with E-state index in [0.717, 1.165) is 0 Å². The molecule has 0 aliphatic heterocycles. The van der Waals surface area contributed by atoms with Crippen LogP contribution in [0, 0.1) is 0 Å². The summed E-state index contributed by atoms with van der Waals surface area (Å²) in [6.07, 6.45) is -0.433. The Morgan fingerprint density at radius 2 is 1.85 bits per heavy atom. The maximum atomic E-state index is 9.31. The Morgan fingerprint density at radius 3 is 2.15 bits per heavy atom. The standard InChI is InChI=1S/C9H22O2SSi/c1-9(2,3)13(4,5)11-6-8(10)7-12/h8,10,12H,6-7H2,1-5H3/t8-/m0/s1. The Balaban J connectivity index is 4.04.